The molecular formula is C16H21N5O3S. The maximum absolute atomic E-state index is 11.6. The third kappa shape index (κ3) is 5.23. The lowest BCUT2D eigenvalue weighted by Gasteiger charge is -2.25. The molecule has 0 aliphatic carbocycles. The number of rotatable bonds is 6. The summed E-state index contributed by atoms with van der Waals surface area (Å²) in [6.07, 6.45) is 2.29. The van der Waals surface area contributed by atoms with E-state index in [2.05, 4.69) is 15.3 Å². The standard InChI is InChI=1S/C16H21N5O3S/c1-11(2)21(12(3)22)10-13-4-6-14(7-5-13)20-16-18-8-15(9-19-16)25(17,23)24/h4-9,11H,10H2,1-3H3,(H2,17,23,24)(H,18,19,20). The maximum atomic E-state index is 11.6. The molecule has 1 aromatic heterocycles. The topological polar surface area (TPSA) is 118 Å². The molecule has 8 nitrogen and oxygen atoms in total. The Hall–Kier alpha value is -2.52. The van der Waals surface area contributed by atoms with E-state index in [9.17, 15) is 13.2 Å². The van der Waals surface area contributed by atoms with Crippen LogP contribution in [0.4, 0.5) is 11.6 Å². The smallest absolute Gasteiger partial charge is 0.241 e. The molecule has 1 heterocycles. The minimum absolute atomic E-state index is 0.0283. The molecule has 0 bridgehead atoms. The van der Waals surface area contributed by atoms with E-state index in [0.717, 1.165) is 23.6 Å². The van der Waals surface area contributed by atoms with Gasteiger partial charge in [0, 0.05) is 25.2 Å². The summed E-state index contributed by atoms with van der Waals surface area (Å²) in [5, 5.41) is 7.97. The fraction of sp³-hybridized carbons (Fsp3) is 0.312. The lowest BCUT2D eigenvalue weighted by atomic mass is 10.1. The molecule has 3 N–H and O–H groups in total. The number of benzene rings is 1. The monoisotopic (exact) mass is 363 g/mol. The summed E-state index contributed by atoms with van der Waals surface area (Å²) in [5.74, 6) is 0.285. The number of hydrogen-bond donors (Lipinski definition) is 2. The number of carbonyl (C=O) groups is 1. The fourth-order valence-electron chi connectivity index (χ4n) is 2.20. The molecule has 25 heavy (non-hydrogen) atoms. The van der Waals surface area contributed by atoms with Crippen molar-refractivity contribution < 1.29 is 13.2 Å². The summed E-state index contributed by atoms with van der Waals surface area (Å²) in [5.41, 5.74) is 1.74. The molecule has 2 rings (SSSR count). The molecule has 0 saturated heterocycles. The highest BCUT2D eigenvalue weighted by atomic mass is 32.2. The number of nitrogens with two attached hydrogens (primary N) is 1. The molecule has 1 amide bonds. The van der Waals surface area contributed by atoms with E-state index >= 15 is 0 Å². The Morgan fingerprint density at radius 1 is 1.20 bits per heavy atom. The van der Waals surface area contributed by atoms with Gasteiger partial charge < -0.3 is 10.2 Å². The first kappa shape index (κ1) is 18.8. The number of nitrogens with one attached hydrogen (secondary N) is 1. The van der Waals surface area contributed by atoms with Crippen LogP contribution in [0, 0.1) is 0 Å². The van der Waals surface area contributed by atoms with E-state index < -0.39 is 10.0 Å². The number of hydrogen-bond acceptors (Lipinski definition) is 6. The van der Waals surface area contributed by atoms with Crippen molar-refractivity contribution in [3.63, 3.8) is 0 Å². The first-order valence-corrected chi connectivity index (χ1v) is 9.19. The summed E-state index contributed by atoms with van der Waals surface area (Å²) >= 11 is 0. The van der Waals surface area contributed by atoms with Gasteiger partial charge in [0.1, 0.15) is 4.90 Å². The Bertz CT molecular complexity index is 833. The van der Waals surface area contributed by atoms with Gasteiger partial charge in [-0.3, -0.25) is 4.79 Å². The zero-order valence-corrected chi connectivity index (χ0v) is 15.1. The molecule has 0 aliphatic heterocycles. The van der Waals surface area contributed by atoms with Crippen LogP contribution in [0.3, 0.4) is 0 Å². The number of anilines is 2. The van der Waals surface area contributed by atoms with Crippen LogP contribution in [0.5, 0.6) is 0 Å². The Kier molecular flexibility index (Phi) is 5.70. The predicted octanol–water partition coefficient (Wildman–Crippen LogP) is 1.62. The van der Waals surface area contributed by atoms with Crippen LogP contribution in [0.15, 0.2) is 41.6 Å². The molecule has 0 atom stereocenters. The molecule has 0 radical (unpaired) electrons. The van der Waals surface area contributed by atoms with E-state index in [0.29, 0.717) is 6.54 Å². The van der Waals surface area contributed by atoms with Crippen LogP contribution < -0.4 is 10.5 Å². The summed E-state index contributed by atoms with van der Waals surface area (Å²) in [4.78, 5) is 21.1. The Morgan fingerprint density at radius 2 is 1.76 bits per heavy atom. The van der Waals surface area contributed by atoms with Crippen LogP contribution >= 0.6 is 0 Å². The van der Waals surface area contributed by atoms with E-state index in [-0.39, 0.29) is 22.8 Å². The van der Waals surface area contributed by atoms with Crippen LogP contribution in [0.1, 0.15) is 26.3 Å². The van der Waals surface area contributed by atoms with Crippen molar-refractivity contribution in [1.29, 1.82) is 0 Å². The van der Waals surface area contributed by atoms with Gasteiger partial charge >= 0.3 is 0 Å². The van der Waals surface area contributed by atoms with Crippen LogP contribution in [0.2, 0.25) is 0 Å². The lowest BCUT2D eigenvalue weighted by molar-refractivity contribution is -0.131. The van der Waals surface area contributed by atoms with Gasteiger partial charge in [-0.2, -0.15) is 0 Å². The van der Waals surface area contributed by atoms with Gasteiger partial charge in [0.05, 0.1) is 12.4 Å². The highest BCUT2D eigenvalue weighted by molar-refractivity contribution is 7.89. The van der Waals surface area contributed by atoms with Gasteiger partial charge in [0.2, 0.25) is 21.9 Å². The summed E-state index contributed by atoms with van der Waals surface area (Å²) < 4.78 is 22.3. The molecule has 1 aromatic carbocycles. The van der Waals surface area contributed by atoms with Crippen molar-refractivity contribution in [1.82, 2.24) is 14.9 Å². The van der Waals surface area contributed by atoms with Crippen molar-refractivity contribution in [3.05, 3.63) is 42.2 Å². The van der Waals surface area contributed by atoms with E-state index in [1.54, 1.807) is 11.8 Å². The molecule has 0 unspecified atom stereocenters. The molecule has 0 aliphatic rings. The second-order valence-electron chi connectivity index (χ2n) is 5.85. The third-order valence-electron chi connectivity index (χ3n) is 3.55. The fourth-order valence-corrected chi connectivity index (χ4v) is 2.60. The van der Waals surface area contributed by atoms with Gasteiger partial charge in [-0.25, -0.2) is 23.5 Å². The Balaban J connectivity index is 2.06. The van der Waals surface area contributed by atoms with Crippen LogP contribution in [0.25, 0.3) is 0 Å². The SMILES string of the molecule is CC(=O)N(Cc1ccc(Nc2ncc(S(N)(=O)=O)cn2)cc1)C(C)C. The molecular weight excluding hydrogens is 342 g/mol. The zero-order valence-electron chi connectivity index (χ0n) is 14.3. The number of amides is 1. The molecule has 0 saturated carbocycles. The van der Waals surface area contributed by atoms with Gasteiger partial charge in [-0.15, -0.1) is 0 Å². The van der Waals surface area contributed by atoms with Crippen LogP contribution in [-0.4, -0.2) is 35.2 Å². The minimum Gasteiger partial charge on any atom is -0.336 e. The molecule has 0 fully saturated rings. The molecule has 0 spiro atoms. The maximum Gasteiger partial charge on any atom is 0.241 e. The average molecular weight is 363 g/mol. The average Bonchev–Trinajstić information content (AvgIpc) is 2.53. The largest absolute Gasteiger partial charge is 0.336 e. The number of primary sulfonamides is 1. The van der Waals surface area contributed by atoms with E-state index in [1.165, 1.54) is 0 Å². The van der Waals surface area contributed by atoms with Crippen molar-refractivity contribution in [3.8, 4) is 0 Å². The van der Waals surface area contributed by atoms with Crippen molar-refractivity contribution in [2.45, 2.75) is 38.3 Å². The third-order valence-corrected chi connectivity index (χ3v) is 4.42. The van der Waals surface area contributed by atoms with Gasteiger partial charge in [-0.1, -0.05) is 12.1 Å². The minimum atomic E-state index is -3.81. The van der Waals surface area contributed by atoms with Gasteiger partial charge in [0.25, 0.3) is 0 Å². The van der Waals surface area contributed by atoms with Crippen molar-refractivity contribution in [2.24, 2.45) is 5.14 Å². The number of carbonyl (C=O) groups excluding carboxylic acids is 1. The first-order chi connectivity index (χ1) is 11.7. The van der Waals surface area contributed by atoms with Gasteiger partial charge in [-0.05, 0) is 31.5 Å². The first-order valence-electron chi connectivity index (χ1n) is 7.65. The summed E-state index contributed by atoms with van der Waals surface area (Å²) in [7, 11) is -3.81. The quantitative estimate of drug-likeness (QED) is 0.805. The predicted molar refractivity (Wildman–Crippen MR) is 94.5 cm³/mol. The number of aromatic nitrogens is 2. The molecule has 2 aromatic rings. The number of nitrogens with zero attached hydrogens (tertiary/aromatic N) is 3. The normalized spacial score (nSPS) is 11.4. The Labute approximate surface area is 147 Å². The zero-order chi connectivity index (χ0) is 18.6. The summed E-state index contributed by atoms with van der Waals surface area (Å²) in [6.45, 7) is 6.03. The van der Waals surface area contributed by atoms with E-state index in [4.69, 9.17) is 5.14 Å². The molecule has 9 heteroatoms. The second kappa shape index (κ2) is 7.58. The second-order valence-corrected chi connectivity index (χ2v) is 7.41. The van der Waals surface area contributed by atoms with E-state index in [1.807, 2.05) is 38.1 Å². The highest BCUT2D eigenvalue weighted by Gasteiger charge is 2.13. The van der Waals surface area contributed by atoms with Gasteiger partial charge in [0.15, 0.2) is 0 Å². The lowest BCUT2D eigenvalue weighted by Crippen LogP contribution is -2.34. The highest BCUT2D eigenvalue weighted by Crippen LogP contribution is 2.16. The van der Waals surface area contributed by atoms with Crippen LogP contribution in [-0.2, 0) is 21.4 Å². The Morgan fingerprint density at radius 3 is 2.20 bits per heavy atom. The van der Waals surface area contributed by atoms with Crippen molar-refractivity contribution >= 4 is 27.6 Å². The number of sulfonamides is 1. The summed E-state index contributed by atoms with van der Waals surface area (Å²) in [6, 6.07) is 7.61. The molecule has 134 valence electrons. The van der Waals surface area contributed by atoms with Crippen molar-refractivity contribution in [2.75, 3.05) is 5.32 Å².